The lowest BCUT2D eigenvalue weighted by Crippen LogP contribution is -2.28. The molecule has 1 aromatic rings. The van der Waals surface area contributed by atoms with Crippen LogP contribution in [0, 0.1) is 5.41 Å². The Hall–Kier alpha value is -0.830. The van der Waals surface area contributed by atoms with Gasteiger partial charge in [0.15, 0.2) is 0 Å². The van der Waals surface area contributed by atoms with E-state index in [1.165, 1.54) is 50.0 Å². The van der Waals surface area contributed by atoms with Crippen LogP contribution in [0.1, 0.15) is 50.4 Å². The average molecular weight is 233 g/mol. The van der Waals surface area contributed by atoms with E-state index in [-0.39, 0.29) is 0 Å². The fourth-order valence-electron chi connectivity index (χ4n) is 3.54. The Kier molecular flexibility index (Phi) is 2.95. The van der Waals surface area contributed by atoms with Gasteiger partial charge in [-0.15, -0.1) is 0 Å². The number of aromatic nitrogens is 2. The third kappa shape index (κ3) is 2.01. The second kappa shape index (κ2) is 4.45. The van der Waals surface area contributed by atoms with Gasteiger partial charge in [-0.25, -0.2) is 4.98 Å². The summed E-state index contributed by atoms with van der Waals surface area (Å²) in [7, 11) is 0. The highest BCUT2D eigenvalue weighted by Gasteiger charge is 2.33. The van der Waals surface area contributed by atoms with Crippen molar-refractivity contribution in [3.63, 3.8) is 0 Å². The SMILES string of the molecule is CCC1(Cn2cnc3c2CCNC3)CCCC1. The zero-order valence-corrected chi connectivity index (χ0v) is 10.8. The number of rotatable bonds is 3. The molecule has 1 saturated carbocycles. The van der Waals surface area contributed by atoms with E-state index >= 15 is 0 Å². The summed E-state index contributed by atoms with van der Waals surface area (Å²) in [5.41, 5.74) is 3.34. The lowest BCUT2D eigenvalue weighted by atomic mass is 9.83. The minimum atomic E-state index is 0.569. The van der Waals surface area contributed by atoms with Gasteiger partial charge >= 0.3 is 0 Å². The predicted molar refractivity (Wildman–Crippen MR) is 68.8 cm³/mol. The maximum Gasteiger partial charge on any atom is 0.0952 e. The second-order valence-corrected chi connectivity index (χ2v) is 5.75. The molecule has 0 amide bonds. The average Bonchev–Trinajstić information content (AvgIpc) is 2.99. The van der Waals surface area contributed by atoms with Gasteiger partial charge in [0.05, 0.1) is 12.0 Å². The molecule has 2 heterocycles. The molecule has 3 nitrogen and oxygen atoms in total. The Morgan fingerprint density at radius 2 is 2.24 bits per heavy atom. The van der Waals surface area contributed by atoms with Gasteiger partial charge in [0.25, 0.3) is 0 Å². The summed E-state index contributed by atoms with van der Waals surface area (Å²) in [4.78, 5) is 4.56. The molecule has 1 fully saturated rings. The van der Waals surface area contributed by atoms with Crippen molar-refractivity contribution in [3.8, 4) is 0 Å². The number of fused-ring (bicyclic) bond motifs is 1. The third-order valence-corrected chi connectivity index (χ3v) is 4.78. The van der Waals surface area contributed by atoms with Gasteiger partial charge in [0.2, 0.25) is 0 Å². The Morgan fingerprint density at radius 3 is 3.00 bits per heavy atom. The number of imidazole rings is 1. The summed E-state index contributed by atoms with van der Waals surface area (Å²) in [6.45, 7) is 5.63. The van der Waals surface area contributed by atoms with Crippen molar-refractivity contribution >= 4 is 0 Å². The first-order valence-electron chi connectivity index (χ1n) is 7.07. The minimum Gasteiger partial charge on any atom is -0.334 e. The quantitative estimate of drug-likeness (QED) is 0.869. The standard InChI is InChI=1S/C14H23N3/c1-2-14(6-3-4-7-14)10-17-11-16-12-9-15-8-5-13(12)17/h11,15H,2-10H2,1H3. The van der Waals surface area contributed by atoms with Gasteiger partial charge < -0.3 is 9.88 Å². The topological polar surface area (TPSA) is 29.9 Å². The van der Waals surface area contributed by atoms with Crippen molar-refractivity contribution in [2.24, 2.45) is 5.41 Å². The highest BCUT2D eigenvalue weighted by Crippen LogP contribution is 2.42. The Bertz CT molecular complexity index is 388. The van der Waals surface area contributed by atoms with Crippen molar-refractivity contribution in [3.05, 3.63) is 17.7 Å². The van der Waals surface area contributed by atoms with Crippen LogP contribution < -0.4 is 5.32 Å². The minimum absolute atomic E-state index is 0.569. The Labute approximate surface area is 104 Å². The van der Waals surface area contributed by atoms with E-state index in [0.717, 1.165) is 19.5 Å². The van der Waals surface area contributed by atoms with Gasteiger partial charge in [-0.2, -0.15) is 0 Å². The molecule has 3 rings (SSSR count). The van der Waals surface area contributed by atoms with Gasteiger partial charge in [-0.05, 0) is 24.7 Å². The monoisotopic (exact) mass is 233 g/mol. The molecule has 2 aliphatic rings. The Balaban J connectivity index is 1.82. The van der Waals surface area contributed by atoms with Crippen LogP contribution in [0.5, 0.6) is 0 Å². The molecule has 0 atom stereocenters. The molecule has 94 valence electrons. The third-order valence-electron chi connectivity index (χ3n) is 4.78. The molecular formula is C14H23N3. The zero-order chi connectivity index (χ0) is 11.7. The van der Waals surface area contributed by atoms with E-state index in [4.69, 9.17) is 0 Å². The van der Waals surface area contributed by atoms with E-state index in [0.29, 0.717) is 5.41 Å². The van der Waals surface area contributed by atoms with Crippen molar-refractivity contribution in [1.29, 1.82) is 0 Å². The maximum atomic E-state index is 4.56. The highest BCUT2D eigenvalue weighted by molar-refractivity contribution is 5.16. The molecular weight excluding hydrogens is 210 g/mol. The van der Waals surface area contributed by atoms with E-state index < -0.39 is 0 Å². The van der Waals surface area contributed by atoms with Crippen LogP contribution >= 0.6 is 0 Å². The first-order valence-corrected chi connectivity index (χ1v) is 7.07. The van der Waals surface area contributed by atoms with Crippen LogP contribution in [0.15, 0.2) is 6.33 Å². The first kappa shape index (κ1) is 11.3. The van der Waals surface area contributed by atoms with Crippen LogP contribution in [-0.2, 0) is 19.5 Å². The van der Waals surface area contributed by atoms with Crippen molar-refractivity contribution < 1.29 is 0 Å². The fraction of sp³-hybridized carbons (Fsp3) is 0.786. The molecule has 3 heteroatoms. The second-order valence-electron chi connectivity index (χ2n) is 5.75. The summed E-state index contributed by atoms with van der Waals surface area (Å²) in [5.74, 6) is 0. The van der Waals surface area contributed by atoms with Gasteiger partial charge in [-0.1, -0.05) is 19.8 Å². The summed E-state index contributed by atoms with van der Waals surface area (Å²) < 4.78 is 2.45. The van der Waals surface area contributed by atoms with Crippen molar-refractivity contribution in [2.75, 3.05) is 6.54 Å². The number of hydrogen-bond acceptors (Lipinski definition) is 2. The molecule has 1 aliphatic carbocycles. The molecule has 17 heavy (non-hydrogen) atoms. The lowest BCUT2D eigenvalue weighted by molar-refractivity contribution is 0.234. The maximum absolute atomic E-state index is 4.56. The molecule has 0 spiro atoms. The molecule has 0 saturated heterocycles. The summed E-state index contributed by atoms with van der Waals surface area (Å²) in [5, 5.41) is 3.40. The van der Waals surface area contributed by atoms with E-state index in [1.807, 2.05) is 0 Å². The summed E-state index contributed by atoms with van der Waals surface area (Å²) >= 11 is 0. The van der Waals surface area contributed by atoms with Crippen molar-refractivity contribution in [2.45, 2.75) is 58.5 Å². The van der Waals surface area contributed by atoms with E-state index in [1.54, 1.807) is 0 Å². The fourth-order valence-corrected chi connectivity index (χ4v) is 3.54. The number of nitrogens with one attached hydrogen (secondary N) is 1. The predicted octanol–water partition coefficient (Wildman–Crippen LogP) is 2.50. The first-order chi connectivity index (χ1) is 8.33. The van der Waals surface area contributed by atoms with Gasteiger partial charge in [0.1, 0.15) is 0 Å². The van der Waals surface area contributed by atoms with Gasteiger partial charge in [-0.3, -0.25) is 0 Å². The molecule has 1 N–H and O–H groups in total. The van der Waals surface area contributed by atoms with E-state index in [2.05, 4.69) is 28.1 Å². The molecule has 0 radical (unpaired) electrons. The van der Waals surface area contributed by atoms with Crippen LogP contribution in [0.3, 0.4) is 0 Å². The highest BCUT2D eigenvalue weighted by atomic mass is 15.1. The van der Waals surface area contributed by atoms with Crippen LogP contribution in [-0.4, -0.2) is 16.1 Å². The molecule has 0 bridgehead atoms. The molecule has 0 aromatic carbocycles. The number of hydrogen-bond donors (Lipinski definition) is 1. The zero-order valence-electron chi connectivity index (χ0n) is 10.8. The molecule has 0 unspecified atom stereocenters. The normalized spacial score (nSPS) is 22.6. The summed E-state index contributed by atoms with van der Waals surface area (Å²) in [6, 6.07) is 0. The molecule has 1 aliphatic heterocycles. The summed E-state index contributed by atoms with van der Waals surface area (Å²) in [6.07, 6.45) is 10.2. The lowest BCUT2D eigenvalue weighted by Gasteiger charge is -2.29. The Morgan fingerprint density at radius 1 is 1.41 bits per heavy atom. The van der Waals surface area contributed by atoms with Crippen LogP contribution in [0.2, 0.25) is 0 Å². The van der Waals surface area contributed by atoms with Crippen LogP contribution in [0.4, 0.5) is 0 Å². The smallest absolute Gasteiger partial charge is 0.0952 e. The van der Waals surface area contributed by atoms with Gasteiger partial charge in [0, 0.05) is 31.7 Å². The van der Waals surface area contributed by atoms with E-state index in [9.17, 15) is 0 Å². The van der Waals surface area contributed by atoms with Crippen LogP contribution in [0.25, 0.3) is 0 Å². The largest absolute Gasteiger partial charge is 0.334 e. The van der Waals surface area contributed by atoms with Crippen molar-refractivity contribution in [1.82, 2.24) is 14.9 Å². The molecule has 1 aromatic heterocycles. The number of nitrogens with zero attached hydrogens (tertiary/aromatic N) is 2.